The Kier molecular flexibility index (Phi) is 4.58. The van der Waals surface area contributed by atoms with Crippen LogP contribution in [0.1, 0.15) is 17.3 Å². The van der Waals surface area contributed by atoms with Crippen molar-refractivity contribution in [2.45, 2.75) is 13.0 Å². The van der Waals surface area contributed by atoms with E-state index in [2.05, 4.69) is 5.32 Å². The second-order valence-electron chi connectivity index (χ2n) is 3.49. The molecule has 16 heavy (non-hydrogen) atoms. The molecule has 0 fully saturated rings. The molecule has 0 aromatic heterocycles. The van der Waals surface area contributed by atoms with Crippen molar-refractivity contribution in [3.05, 3.63) is 28.8 Å². The van der Waals surface area contributed by atoms with Crippen LogP contribution in [0.2, 0.25) is 5.02 Å². The average molecular weight is 243 g/mol. The Morgan fingerprint density at radius 2 is 2.31 bits per heavy atom. The van der Waals surface area contributed by atoms with Crippen LogP contribution < -0.4 is 15.8 Å². The van der Waals surface area contributed by atoms with Crippen LogP contribution in [0, 0.1) is 0 Å². The van der Waals surface area contributed by atoms with Crippen LogP contribution >= 0.6 is 11.6 Å². The van der Waals surface area contributed by atoms with Gasteiger partial charge in [-0.1, -0.05) is 11.6 Å². The average Bonchev–Trinajstić information content (AvgIpc) is 2.17. The van der Waals surface area contributed by atoms with Gasteiger partial charge < -0.3 is 15.8 Å². The predicted octanol–water partition coefficient (Wildman–Crippen LogP) is 1.43. The van der Waals surface area contributed by atoms with Crippen LogP contribution in [0.4, 0.5) is 0 Å². The summed E-state index contributed by atoms with van der Waals surface area (Å²) in [6.07, 6.45) is -0.0680. The number of likely N-dealkylation sites (N-methyl/N-ethyl adjacent to an activating group) is 1. The summed E-state index contributed by atoms with van der Waals surface area (Å²) in [7, 11) is 1.83. The van der Waals surface area contributed by atoms with Gasteiger partial charge in [-0.15, -0.1) is 0 Å². The molecular weight excluding hydrogens is 228 g/mol. The van der Waals surface area contributed by atoms with Gasteiger partial charge in [0.2, 0.25) is 0 Å². The Morgan fingerprint density at radius 1 is 1.62 bits per heavy atom. The maximum Gasteiger partial charge on any atom is 0.252 e. The molecule has 0 bridgehead atoms. The van der Waals surface area contributed by atoms with Crippen molar-refractivity contribution < 1.29 is 9.53 Å². The van der Waals surface area contributed by atoms with E-state index in [-0.39, 0.29) is 6.10 Å². The number of hydrogen-bond donors (Lipinski definition) is 2. The minimum absolute atomic E-state index is 0.0680. The molecule has 1 unspecified atom stereocenters. The van der Waals surface area contributed by atoms with Gasteiger partial charge in [-0.05, 0) is 32.2 Å². The molecule has 0 saturated carbocycles. The van der Waals surface area contributed by atoms with Crippen LogP contribution in [-0.4, -0.2) is 25.6 Å². The molecule has 5 heteroatoms. The molecule has 1 amide bonds. The minimum Gasteiger partial charge on any atom is -0.489 e. The maximum absolute atomic E-state index is 11.2. The number of rotatable bonds is 5. The highest BCUT2D eigenvalue weighted by Gasteiger charge is 2.12. The van der Waals surface area contributed by atoms with Crippen molar-refractivity contribution in [2.75, 3.05) is 13.6 Å². The van der Waals surface area contributed by atoms with Crippen LogP contribution in [0.25, 0.3) is 0 Å². The Bertz CT molecular complexity index is 382. The van der Waals surface area contributed by atoms with Gasteiger partial charge in [0.1, 0.15) is 11.9 Å². The second-order valence-corrected chi connectivity index (χ2v) is 3.93. The normalized spacial score (nSPS) is 12.2. The second kappa shape index (κ2) is 5.72. The summed E-state index contributed by atoms with van der Waals surface area (Å²) < 4.78 is 5.58. The zero-order valence-corrected chi connectivity index (χ0v) is 10.0. The summed E-state index contributed by atoms with van der Waals surface area (Å²) in [6.45, 7) is 2.56. The van der Waals surface area contributed by atoms with Gasteiger partial charge in [0, 0.05) is 11.6 Å². The fourth-order valence-electron chi connectivity index (χ4n) is 1.34. The predicted molar refractivity (Wildman–Crippen MR) is 64.0 cm³/mol. The van der Waals surface area contributed by atoms with Gasteiger partial charge in [-0.25, -0.2) is 0 Å². The van der Waals surface area contributed by atoms with E-state index < -0.39 is 5.91 Å². The molecule has 0 saturated heterocycles. The number of carbonyl (C=O) groups is 1. The maximum atomic E-state index is 11.2. The van der Waals surface area contributed by atoms with Crippen LogP contribution in [0.5, 0.6) is 5.75 Å². The molecule has 1 aromatic rings. The number of ether oxygens (including phenoxy) is 1. The Balaban J connectivity index is 2.92. The van der Waals surface area contributed by atoms with Crippen molar-refractivity contribution in [1.29, 1.82) is 0 Å². The van der Waals surface area contributed by atoms with Crippen molar-refractivity contribution >= 4 is 17.5 Å². The minimum atomic E-state index is -0.525. The number of amides is 1. The molecule has 1 rings (SSSR count). The molecule has 0 heterocycles. The molecule has 4 nitrogen and oxygen atoms in total. The van der Waals surface area contributed by atoms with Gasteiger partial charge in [0.15, 0.2) is 0 Å². The lowest BCUT2D eigenvalue weighted by atomic mass is 10.2. The lowest BCUT2D eigenvalue weighted by molar-refractivity contribution is 0.0994. The molecule has 0 radical (unpaired) electrons. The molecular formula is C11H15ClN2O2. The summed E-state index contributed by atoms with van der Waals surface area (Å²) in [5.74, 6) is -0.105. The number of nitrogens with one attached hydrogen (secondary N) is 1. The van der Waals surface area contributed by atoms with E-state index in [1.54, 1.807) is 18.2 Å². The highest BCUT2D eigenvalue weighted by Crippen LogP contribution is 2.24. The van der Waals surface area contributed by atoms with Crippen molar-refractivity contribution in [3.63, 3.8) is 0 Å². The van der Waals surface area contributed by atoms with Crippen molar-refractivity contribution in [2.24, 2.45) is 5.73 Å². The van der Waals surface area contributed by atoms with Crippen molar-refractivity contribution in [1.82, 2.24) is 5.32 Å². The van der Waals surface area contributed by atoms with Crippen LogP contribution in [0.3, 0.4) is 0 Å². The first-order valence-corrected chi connectivity index (χ1v) is 5.33. The quantitative estimate of drug-likeness (QED) is 0.821. The molecule has 88 valence electrons. The molecule has 1 atom stereocenters. The Labute approximate surface area is 99.7 Å². The number of benzene rings is 1. The number of nitrogens with two attached hydrogens (primary N) is 1. The molecule has 0 spiro atoms. The fourth-order valence-corrected chi connectivity index (χ4v) is 1.51. The number of primary amides is 1. The highest BCUT2D eigenvalue weighted by atomic mass is 35.5. The lowest BCUT2D eigenvalue weighted by Gasteiger charge is -2.16. The third kappa shape index (κ3) is 3.40. The SMILES string of the molecule is CNCC(C)Oc1cc(Cl)ccc1C(N)=O. The molecule has 0 aliphatic rings. The molecule has 1 aromatic carbocycles. The number of hydrogen-bond acceptors (Lipinski definition) is 3. The molecule has 0 aliphatic carbocycles. The molecule has 0 aliphatic heterocycles. The third-order valence-corrected chi connectivity index (χ3v) is 2.26. The van der Waals surface area contributed by atoms with E-state index in [4.69, 9.17) is 22.1 Å². The van der Waals surface area contributed by atoms with E-state index >= 15 is 0 Å². The summed E-state index contributed by atoms with van der Waals surface area (Å²) in [6, 6.07) is 4.76. The zero-order chi connectivity index (χ0) is 12.1. The summed E-state index contributed by atoms with van der Waals surface area (Å²) >= 11 is 5.83. The summed E-state index contributed by atoms with van der Waals surface area (Å²) in [5, 5.41) is 3.49. The third-order valence-electron chi connectivity index (χ3n) is 2.03. The van der Waals surface area contributed by atoms with E-state index in [1.165, 1.54) is 0 Å². The van der Waals surface area contributed by atoms with E-state index in [1.807, 2.05) is 14.0 Å². The Hall–Kier alpha value is -1.26. The first-order chi connectivity index (χ1) is 7.54. The first kappa shape index (κ1) is 12.8. The zero-order valence-electron chi connectivity index (χ0n) is 9.29. The van der Waals surface area contributed by atoms with Gasteiger partial charge in [0.25, 0.3) is 5.91 Å². The molecule has 3 N–H and O–H groups in total. The number of halogens is 1. The lowest BCUT2D eigenvalue weighted by Crippen LogP contribution is -2.27. The summed E-state index contributed by atoms with van der Waals surface area (Å²) in [5.41, 5.74) is 5.58. The van der Waals surface area contributed by atoms with E-state index in [0.29, 0.717) is 22.9 Å². The van der Waals surface area contributed by atoms with E-state index in [0.717, 1.165) is 0 Å². The largest absolute Gasteiger partial charge is 0.489 e. The van der Waals surface area contributed by atoms with Crippen LogP contribution in [-0.2, 0) is 0 Å². The van der Waals surface area contributed by atoms with Gasteiger partial charge in [0.05, 0.1) is 5.56 Å². The Morgan fingerprint density at radius 3 is 2.88 bits per heavy atom. The van der Waals surface area contributed by atoms with Crippen LogP contribution in [0.15, 0.2) is 18.2 Å². The monoisotopic (exact) mass is 242 g/mol. The van der Waals surface area contributed by atoms with Crippen molar-refractivity contribution in [3.8, 4) is 5.75 Å². The van der Waals surface area contributed by atoms with E-state index in [9.17, 15) is 4.79 Å². The van der Waals surface area contributed by atoms with Gasteiger partial charge >= 0.3 is 0 Å². The standard InChI is InChI=1S/C11H15ClN2O2/c1-7(6-14-2)16-10-5-8(12)3-4-9(10)11(13)15/h3-5,7,14H,6H2,1-2H3,(H2,13,15). The highest BCUT2D eigenvalue weighted by molar-refractivity contribution is 6.30. The first-order valence-electron chi connectivity index (χ1n) is 4.95. The smallest absolute Gasteiger partial charge is 0.252 e. The fraction of sp³-hybridized carbons (Fsp3) is 0.364. The topological polar surface area (TPSA) is 64.3 Å². The van der Waals surface area contributed by atoms with Gasteiger partial charge in [-0.2, -0.15) is 0 Å². The van der Waals surface area contributed by atoms with Gasteiger partial charge in [-0.3, -0.25) is 4.79 Å². The summed E-state index contributed by atoms with van der Waals surface area (Å²) in [4.78, 5) is 11.2. The number of carbonyl (C=O) groups excluding carboxylic acids is 1.